The highest BCUT2D eigenvalue weighted by Gasteiger charge is 2.15. The van der Waals surface area contributed by atoms with Crippen molar-refractivity contribution >= 4 is 37.1 Å². The van der Waals surface area contributed by atoms with Crippen LogP contribution in [0.25, 0.3) is 0 Å². The van der Waals surface area contributed by atoms with Crippen LogP contribution in [-0.4, -0.2) is 29.0 Å². The predicted octanol–water partition coefficient (Wildman–Crippen LogP) is 3.14. The fraction of sp³-hybridized carbons (Fsp3) is 0.0500. The minimum absolute atomic E-state index is 0.0526. The standard InChI is InChI=1S/C20H18N2O5S2/c1-28(24,25)18-11-7-15(8-12-18)20(23)21-16-9-13-19(14-10-16)29(26,27)22-17-5-3-2-4-6-17/h2-14,22H,1H3,(H,21,23). The Bertz CT molecular complexity index is 1220. The fourth-order valence-corrected chi connectivity index (χ4v) is 4.18. The van der Waals surface area contributed by atoms with E-state index in [0.717, 1.165) is 6.26 Å². The average molecular weight is 431 g/mol. The lowest BCUT2D eigenvalue weighted by atomic mass is 10.2. The van der Waals surface area contributed by atoms with E-state index < -0.39 is 25.8 Å². The zero-order chi connectivity index (χ0) is 21.1. The molecule has 0 saturated heterocycles. The molecule has 0 heterocycles. The van der Waals surface area contributed by atoms with E-state index in [1.807, 2.05) is 0 Å². The van der Waals surface area contributed by atoms with Gasteiger partial charge in [-0.2, -0.15) is 0 Å². The molecule has 0 radical (unpaired) electrons. The van der Waals surface area contributed by atoms with E-state index in [2.05, 4.69) is 10.0 Å². The Kier molecular flexibility index (Phi) is 5.71. The van der Waals surface area contributed by atoms with E-state index >= 15 is 0 Å². The van der Waals surface area contributed by atoms with Crippen molar-refractivity contribution in [1.29, 1.82) is 0 Å². The summed E-state index contributed by atoms with van der Waals surface area (Å²) in [5, 5.41) is 2.64. The number of hydrogen-bond acceptors (Lipinski definition) is 5. The number of amides is 1. The molecule has 0 aliphatic carbocycles. The minimum atomic E-state index is -3.75. The Hall–Kier alpha value is -3.17. The number of anilines is 2. The van der Waals surface area contributed by atoms with Crippen LogP contribution in [-0.2, 0) is 19.9 Å². The van der Waals surface area contributed by atoms with E-state index in [4.69, 9.17) is 0 Å². The van der Waals surface area contributed by atoms with E-state index in [1.165, 1.54) is 48.5 Å². The second-order valence-corrected chi connectivity index (χ2v) is 9.94. The van der Waals surface area contributed by atoms with Crippen LogP contribution in [0.3, 0.4) is 0 Å². The number of sulfonamides is 1. The van der Waals surface area contributed by atoms with Gasteiger partial charge in [-0.05, 0) is 60.7 Å². The van der Waals surface area contributed by atoms with Crippen LogP contribution >= 0.6 is 0 Å². The summed E-state index contributed by atoms with van der Waals surface area (Å²) in [7, 11) is -7.09. The van der Waals surface area contributed by atoms with Crippen molar-refractivity contribution in [2.45, 2.75) is 9.79 Å². The van der Waals surface area contributed by atoms with Gasteiger partial charge in [-0.15, -0.1) is 0 Å². The molecule has 7 nitrogen and oxygen atoms in total. The maximum absolute atomic E-state index is 12.4. The Balaban J connectivity index is 1.71. The van der Waals surface area contributed by atoms with Crippen molar-refractivity contribution in [3.8, 4) is 0 Å². The summed E-state index contributed by atoms with van der Waals surface area (Å²) < 4.78 is 50.3. The molecule has 2 N–H and O–H groups in total. The van der Waals surface area contributed by atoms with Gasteiger partial charge in [-0.1, -0.05) is 18.2 Å². The monoisotopic (exact) mass is 430 g/mol. The number of carbonyl (C=O) groups excluding carboxylic acids is 1. The number of benzene rings is 3. The van der Waals surface area contributed by atoms with Gasteiger partial charge in [0, 0.05) is 23.2 Å². The van der Waals surface area contributed by atoms with Crippen LogP contribution in [0.15, 0.2) is 88.7 Å². The van der Waals surface area contributed by atoms with Crippen LogP contribution < -0.4 is 10.0 Å². The SMILES string of the molecule is CS(=O)(=O)c1ccc(C(=O)Nc2ccc(S(=O)(=O)Nc3ccccc3)cc2)cc1. The third-order valence-corrected chi connectivity index (χ3v) is 6.52. The molecule has 0 saturated carbocycles. The van der Waals surface area contributed by atoms with Gasteiger partial charge in [-0.3, -0.25) is 9.52 Å². The number of sulfone groups is 1. The van der Waals surface area contributed by atoms with Gasteiger partial charge in [0.15, 0.2) is 9.84 Å². The first kappa shape index (κ1) is 20.6. The third kappa shape index (κ3) is 5.21. The maximum atomic E-state index is 12.4. The molecule has 3 aromatic rings. The second-order valence-electron chi connectivity index (χ2n) is 6.25. The smallest absolute Gasteiger partial charge is 0.261 e. The molecule has 0 bridgehead atoms. The molecule has 29 heavy (non-hydrogen) atoms. The van der Waals surface area contributed by atoms with Crippen LogP contribution in [0, 0.1) is 0 Å². The number of carbonyl (C=O) groups is 1. The van der Waals surface area contributed by atoms with Crippen molar-refractivity contribution in [3.05, 3.63) is 84.4 Å². The molecule has 0 fully saturated rings. The van der Waals surface area contributed by atoms with Gasteiger partial charge < -0.3 is 5.32 Å². The average Bonchev–Trinajstić information content (AvgIpc) is 2.68. The van der Waals surface area contributed by atoms with Crippen LogP contribution in [0.5, 0.6) is 0 Å². The molecule has 1 amide bonds. The second kappa shape index (κ2) is 8.06. The van der Waals surface area contributed by atoms with Crippen molar-refractivity contribution in [3.63, 3.8) is 0 Å². The largest absolute Gasteiger partial charge is 0.322 e. The first-order chi connectivity index (χ1) is 13.6. The molecule has 0 aliphatic rings. The number of para-hydroxylation sites is 1. The van der Waals surface area contributed by atoms with E-state index in [9.17, 15) is 21.6 Å². The Morgan fingerprint density at radius 1 is 0.690 bits per heavy atom. The van der Waals surface area contributed by atoms with Crippen molar-refractivity contribution < 1.29 is 21.6 Å². The third-order valence-electron chi connectivity index (χ3n) is 3.99. The molecule has 0 unspecified atom stereocenters. The summed E-state index contributed by atoms with van der Waals surface area (Å²) in [4.78, 5) is 12.5. The molecular formula is C20H18N2O5S2. The van der Waals surface area contributed by atoms with Crippen LogP contribution in [0.1, 0.15) is 10.4 Å². The van der Waals surface area contributed by atoms with Gasteiger partial charge >= 0.3 is 0 Å². The zero-order valence-corrected chi connectivity index (χ0v) is 17.0. The number of nitrogens with one attached hydrogen (secondary N) is 2. The summed E-state index contributed by atoms with van der Waals surface area (Å²) in [6.45, 7) is 0. The molecule has 0 aliphatic heterocycles. The molecule has 9 heteroatoms. The minimum Gasteiger partial charge on any atom is -0.322 e. The van der Waals surface area contributed by atoms with Gasteiger partial charge in [0.25, 0.3) is 15.9 Å². The molecule has 0 spiro atoms. The number of rotatable bonds is 6. The van der Waals surface area contributed by atoms with E-state index in [1.54, 1.807) is 30.3 Å². The van der Waals surface area contributed by atoms with Crippen LogP contribution in [0.2, 0.25) is 0 Å². The Morgan fingerprint density at radius 2 is 1.24 bits per heavy atom. The first-order valence-corrected chi connectivity index (χ1v) is 11.8. The highest BCUT2D eigenvalue weighted by Crippen LogP contribution is 2.19. The van der Waals surface area contributed by atoms with Gasteiger partial charge in [0.1, 0.15) is 0 Å². The summed E-state index contributed by atoms with van der Waals surface area (Å²) in [5.74, 6) is -0.442. The molecule has 3 rings (SSSR count). The van der Waals surface area contributed by atoms with E-state index in [0.29, 0.717) is 11.4 Å². The highest BCUT2D eigenvalue weighted by atomic mass is 32.2. The molecule has 0 atom stereocenters. The lowest BCUT2D eigenvalue weighted by Crippen LogP contribution is -2.14. The predicted molar refractivity (Wildman–Crippen MR) is 111 cm³/mol. The van der Waals surface area contributed by atoms with Crippen molar-refractivity contribution in [2.24, 2.45) is 0 Å². The molecule has 3 aromatic carbocycles. The normalized spacial score (nSPS) is 11.6. The van der Waals surface area contributed by atoms with E-state index in [-0.39, 0.29) is 15.4 Å². The zero-order valence-electron chi connectivity index (χ0n) is 15.4. The topological polar surface area (TPSA) is 109 Å². The lowest BCUT2D eigenvalue weighted by Gasteiger charge is -2.09. The Labute approximate surface area is 169 Å². The Morgan fingerprint density at radius 3 is 1.79 bits per heavy atom. The number of hydrogen-bond donors (Lipinski definition) is 2. The summed E-state index contributed by atoms with van der Waals surface area (Å²) in [6.07, 6.45) is 1.09. The van der Waals surface area contributed by atoms with Crippen molar-refractivity contribution in [1.82, 2.24) is 0 Å². The quantitative estimate of drug-likeness (QED) is 0.624. The van der Waals surface area contributed by atoms with Gasteiger partial charge in [0.05, 0.1) is 9.79 Å². The maximum Gasteiger partial charge on any atom is 0.261 e. The summed E-state index contributed by atoms with van der Waals surface area (Å²) in [5.41, 5.74) is 1.13. The molecule has 150 valence electrons. The summed E-state index contributed by atoms with van der Waals surface area (Å²) >= 11 is 0. The first-order valence-electron chi connectivity index (χ1n) is 8.44. The fourth-order valence-electron chi connectivity index (χ4n) is 2.49. The molecule has 0 aromatic heterocycles. The molecular weight excluding hydrogens is 412 g/mol. The van der Waals surface area contributed by atoms with Crippen molar-refractivity contribution in [2.75, 3.05) is 16.3 Å². The lowest BCUT2D eigenvalue weighted by molar-refractivity contribution is 0.102. The highest BCUT2D eigenvalue weighted by molar-refractivity contribution is 7.92. The summed E-state index contributed by atoms with van der Waals surface area (Å²) in [6, 6.07) is 19.8. The van der Waals surface area contributed by atoms with Gasteiger partial charge in [-0.25, -0.2) is 16.8 Å². The van der Waals surface area contributed by atoms with Crippen LogP contribution in [0.4, 0.5) is 11.4 Å². The van der Waals surface area contributed by atoms with Gasteiger partial charge in [0.2, 0.25) is 0 Å².